The molecule has 1 heterocycles. The summed E-state index contributed by atoms with van der Waals surface area (Å²) >= 11 is 0. The standard InChI is InChI=1S/C14H17N3O/c1-2-3-6-9-15-14(18)13-10-11-7-4-5-8-12(11)16-17-13/h4-5,7-8,10H,2-3,6,9H2,1H3,(H,15,18). The Balaban J connectivity index is 2.04. The molecule has 0 saturated carbocycles. The fourth-order valence-electron chi connectivity index (χ4n) is 1.76. The number of fused-ring (bicyclic) bond motifs is 1. The molecule has 2 aromatic rings. The Morgan fingerprint density at radius 2 is 2.06 bits per heavy atom. The molecule has 1 amide bonds. The summed E-state index contributed by atoms with van der Waals surface area (Å²) in [4.78, 5) is 11.8. The average Bonchev–Trinajstić information content (AvgIpc) is 2.43. The Kier molecular flexibility index (Phi) is 4.23. The van der Waals surface area contributed by atoms with E-state index >= 15 is 0 Å². The van der Waals surface area contributed by atoms with E-state index in [-0.39, 0.29) is 5.91 Å². The van der Waals surface area contributed by atoms with Gasteiger partial charge in [0.25, 0.3) is 5.91 Å². The van der Waals surface area contributed by atoms with Gasteiger partial charge in [0, 0.05) is 11.9 Å². The number of carbonyl (C=O) groups is 1. The van der Waals surface area contributed by atoms with Gasteiger partial charge in [-0.1, -0.05) is 38.0 Å². The number of aromatic nitrogens is 2. The highest BCUT2D eigenvalue weighted by Crippen LogP contribution is 2.10. The van der Waals surface area contributed by atoms with Gasteiger partial charge in [-0.15, -0.1) is 10.2 Å². The summed E-state index contributed by atoms with van der Waals surface area (Å²) in [5.74, 6) is -0.149. The molecule has 0 aliphatic carbocycles. The quantitative estimate of drug-likeness (QED) is 0.821. The molecule has 1 N–H and O–H groups in total. The highest BCUT2D eigenvalue weighted by Gasteiger charge is 2.07. The smallest absolute Gasteiger partial charge is 0.271 e. The van der Waals surface area contributed by atoms with Gasteiger partial charge in [0.1, 0.15) is 0 Å². The zero-order chi connectivity index (χ0) is 12.8. The van der Waals surface area contributed by atoms with Crippen LogP contribution in [0.15, 0.2) is 30.3 Å². The maximum absolute atomic E-state index is 11.8. The van der Waals surface area contributed by atoms with E-state index in [9.17, 15) is 4.79 Å². The van der Waals surface area contributed by atoms with Crippen molar-refractivity contribution >= 4 is 16.8 Å². The molecule has 0 unspecified atom stereocenters. The third kappa shape index (κ3) is 3.03. The fourth-order valence-corrected chi connectivity index (χ4v) is 1.76. The van der Waals surface area contributed by atoms with Crippen molar-refractivity contribution in [2.75, 3.05) is 6.54 Å². The SMILES string of the molecule is CCCCCNC(=O)c1cc2ccccc2nn1. The van der Waals surface area contributed by atoms with Crippen molar-refractivity contribution in [1.29, 1.82) is 0 Å². The van der Waals surface area contributed by atoms with Crippen LogP contribution in [0.3, 0.4) is 0 Å². The van der Waals surface area contributed by atoms with Gasteiger partial charge in [0.05, 0.1) is 5.52 Å². The third-order valence-corrected chi connectivity index (χ3v) is 2.79. The van der Waals surface area contributed by atoms with Gasteiger partial charge in [-0.2, -0.15) is 0 Å². The lowest BCUT2D eigenvalue weighted by atomic mass is 10.2. The highest BCUT2D eigenvalue weighted by molar-refractivity contribution is 5.95. The first-order chi connectivity index (χ1) is 8.81. The molecule has 0 saturated heterocycles. The summed E-state index contributed by atoms with van der Waals surface area (Å²) in [5, 5.41) is 11.8. The molecule has 4 nitrogen and oxygen atoms in total. The first-order valence-corrected chi connectivity index (χ1v) is 6.32. The van der Waals surface area contributed by atoms with Crippen molar-refractivity contribution in [3.05, 3.63) is 36.0 Å². The van der Waals surface area contributed by atoms with Crippen LogP contribution < -0.4 is 5.32 Å². The maximum Gasteiger partial charge on any atom is 0.271 e. The highest BCUT2D eigenvalue weighted by atomic mass is 16.1. The van der Waals surface area contributed by atoms with E-state index in [1.165, 1.54) is 0 Å². The molecule has 18 heavy (non-hydrogen) atoms. The second-order valence-corrected chi connectivity index (χ2v) is 4.25. The van der Waals surface area contributed by atoms with Crippen molar-refractivity contribution in [3.8, 4) is 0 Å². The van der Waals surface area contributed by atoms with Gasteiger partial charge >= 0.3 is 0 Å². The van der Waals surface area contributed by atoms with E-state index in [0.717, 1.165) is 30.2 Å². The van der Waals surface area contributed by atoms with Gasteiger partial charge < -0.3 is 5.32 Å². The lowest BCUT2D eigenvalue weighted by molar-refractivity contribution is 0.0947. The van der Waals surface area contributed by atoms with Crippen LogP contribution in [-0.2, 0) is 0 Å². The van der Waals surface area contributed by atoms with Crippen LogP contribution in [-0.4, -0.2) is 22.6 Å². The van der Waals surface area contributed by atoms with E-state index in [1.54, 1.807) is 6.07 Å². The minimum atomic E-state index is -0.149. The molecule has 1 aromatic carbocycles. The molecule has 0 bridgehead atoms. The number of carbonyl (C=O) groups excluding carboxylic acids is 1. The molecule has 94 valence electrons. The predicted molar refractivity (Wildman–Crippen MR) is 71.4 cm³/mol. The number of nitrogens with one attached hydrogen (secondary N) is 1. The lowest BCUT2D eigenvalue weighted by Gasteiger charge is -2.04. The second kappa shape index (κ2) is 6.10. The molecular formula is C14H17N3O. The lowest BCUT2D eigenvalue weighted by Crippen LogP contribution is -2.25. The largest absolute Gasteiger partial charge is 0.351 e. The molecular weight excluding hydrogens is 226 g/mol. The number of benzene rings is 1. The van der Waals surface area contributed by atoms with Gasteiger partial charge in [-0.3, -0.25) is 4.79 Å². The summed E-state index contributed by atoms with van der Waals surface area (Å²) in [6.45, 7) is 2.83. The van der Waals surface area contributed by atoms with Gasteiger partial charge in [0.2, 0.25) is 0 Å². The second-order valence-electron chi connectivity index (χ2n) is 4.25. The molecule has 0 fully saturated rings. The molecule has 2 rings (SSSR count). The summed E-state index contributed by atoms with van der Waals surface area (Å²) in [6.07, 6.45) is 3.28. The van der Waals surface area contributed by atoms with Crippen LogP contribution in [0.25, 0.3) is 10.9 Å². The van der Waals surface area contributed by atoms with E-state index < -0.39 is 0 Å². The number of amides is 1. The number of hydrogen-bond donors (Lipinski definition) is 1. The van der Waals surface area contributed by atoms with Crippen molar-refractivity contribution in [3.63, 3.8) is 0 Å². The summed E-state index contributed by atoms with van der Waals surface area (Å²) in [7, 11) is 0. The van der Waals surface area contributed by atoms with Crippen LogP contribution >= 0.6 is 0 Å². The van der Waals surface area contributed by atoms with Crippen LogP contribution in [0, 0.1) is 0 Å². The minimum absolute atomic E-state index is 0.149. The van der Waals surface area contributed by atoms with Gasteiger partial charge in [-0.05, 0) is 18.6 Å². The Hall–Kier alpha value is -1.97. The Labute approximate surface area is 106 Å². The maximum atomic E-state index is 11.8. The Bertz CT molecular complexity index is 539. The minimum Gasteiger partial charge on any atom is -0.351 e. The number of rotatable bonds is 5. The summed E-state index contributed by atoms with van der Waals surface area (Å²) in [5.41, 5.74) is 1.19. The van der Waals surface area contributed by atoms with Crippen LogP contribution in [0.1, 0.15) is 36.7 Å². The molecule has 0 aliphatic rings. The average molecular weight is 243 g/mol. The molecule has 0 radical (unpaired) electrons. The number of nitrogens with zero attached hydrogens (tertiary/aromatic N) is 2. The zero-order valence-corrected chi connectivity index (χ0v) is 10.5. The first kappa shape index (κ1) is 12.5. The van der Waals surface area contributed by atoms with Crippen molar-refractivity contribution in [2.45, 2.75) is 26.2 Å². The van der Waals surface area contributed by atoms with Crippen molar-refractivity contribution < 1.29 is 4.79 Å². The molecule has 1 aromatic heterocycles. The Morgan fingerprint density at radius 3 is 2.89 bits per heavy atom. The van der Waals surface area contributed by atoms with Crippen LogP contribution in [0.2, 0.25) is 0 Å². The zero-order valence-electron chi connectivity index (χ0n) is 10.5. The summed E-state index contributed by atoms with van der Waals surface area (Å²) < 4.78 is 0. The number of hydrogen-bond acceptors (Lipinski definition) is 3. The van der Waals surface area contributed by atoms with Crippen LogP contribution in [0.4, 0.5) is 0 Å². The molecule has 0 aliphatic heterocycles. The summed E-state index contributed by atoms with van der Waals surface area (Å²) in [6, 6.07) is 9.41. The normalized spacial score (nSPS) is 10.5. The fraction of sp³-hybridized carbons (Fsp3) is 0.357. The van der Waals surface area contributed by atoms with Gasteiger partial charge in [0.15, 0.2) is 5.69 Å². The monoisotopic (exact) mass is 243 g/mol. The topological polar surface area (TPSA) is 54.9 Å². The van der Waals surface area contributed by atoms with E-state index in [4.69, 9.17) is 0 Å². The number of unbranched alkanes of at least 4 members (excludes halogenated alkanes) is 2. The van der Waals surface area contributed by atoms with Crippen molar-refractivity contribution in [2.24, 2.45) is 0 Å². The predicted octanol–water partition coefficient (Wildman–Crippen LogP) is 2.55. The third-order valence-electron chi connectivity index (χ3n) is 2.79. The van der Waals surface area contributed by atoms with E-state index in [0.29, 0.717) is 12.2 Å². The Morgan fingerprint density at radius 1 is 1.22 bits per heavy atom. The molecule has 0 atom stereocenters. The van der Waals surface area contributed by atoms with Crippen molar-refractivity contribution in [1.82, 2.24) is 15.5 Å². The van der Waals surface area contributed by atoms with E-state index in [1.807, 2.05) is 24.3 Å². The van der Waals surface area contributed by atoms with Gasteiger partial charge in [-0.25, -0.2) is 0 Å². The van der Waals surface area contributed by atoms with E-state index in [2.05, 4.69) is 22.4 Å². The molecule has 4 heteroatoms. The van der Waals surface area contributed by atoms with Crippen LogP contribution in [0.5, 0.6) is 0 Å². The molecule has 0 spiro atoms. The first-order valence-electron chi connectivity index (χ1n) is 6.32.